The summed E-state index contributed by atoms with van der Waals surface area (Å²) in [4.78, 5) is 12.0. The highest BCUT2D eigenvalue weighted by atomic mass is 19.1. The highest BCUT2D eigenvalue weighted by Crippen LogP contribution is 2.48. The van der Waals surface area contributed by atoms with Gasteiger partial charge in [0.15, 0.2) is 0 Å². The zero-order valence-electron chi connectivity index (χ0n) is 23.6. The van der Waals surface area contributed by atoms with Crippen LogP contribution in [0.2, 0.25) is 0 Å². The molecule has 6 heteroatoms. The van der Waals surface area contributed by atoms with Gasteiger partial charge in [-0.2, -0.15) is 0 Å². The molecule has 3 aromatic carbocycles. The monoisotopic (exact) mass is 546 g/mol. The summed E-state index contributed by atoms with van der Waals surface area (Å²) in [5.74, 6) is 0.446. The Morgan fingerprint density at radius 1 is 0.975 bits per heavy atom. The molecule has 1 saturated carbocycles. The standard InChI is InChI=1S/C34H36F2O4/c1-34(2)14-6-9-29(34)27-15-21(16-31(36)33(27)28-18-24(38-3)12-13-30(28)35)20-40-25-8-5-7-23(17-25)26(22-10-11-22)19-32(37)39-4/h5,7-9,12-13,15-18,22,26H,6,10-11,14,19-20H2,1-4H3/t26-/m0/s1. The Kier molecular flexibility index (Phi) is 7.97. The van der Waals surface area contributed by atoms with Crippen molar-refractivity contribution in [1.82, 2.24) is 0 Å². The topological polar surface area (TPSA) is 44.8 Å². The molecule has 3 aromatic rings. The average Bonchev–Trinajstić information content (AvgIpc) is 3.72. The fourth-order valence-corrected chi connectivity index (χ4v) is 5.84. The van der Waals surface area contributed by atoms with Gasteiger partial charge in [0.25, 0.3) is 0 Å². The van der Waals surface area contributed by atoms with E-state index in [1.807, 2.05) is 30.3 Å². The number of allylic oxidation sites excluding steroid dienone is 2. The Hall–Kier alpha value is -3.67. The van der Waals surface area contributed by atoms with E-state index in [1.165, 1.54) is 32.4 Å². The van der Waals surface area contributed by atoms with Crippen LogP contribution in [0.25, 0.3) is 16.7 Å². The van der Waals surface area contributed by atoms with E-state index in [1.54, 1.807) is 6.07 Å². The third-order valence-corrected chi connectivity index (χ3v) is 8.23. The Bertz CT molecular complexity index is 1440. The molecule has 2 aliphatic carbocycles. The van der Waals surface area contributed by atoms with E-state index in [-0.39, 0.29) is 35.0 Å². The highest BCUT2D eigenvalue weighted by Gasteiger charge is 2.34. The van der Waals surface area contributed by atoms with Crippen LogP contribution in [-0.4, -0.2) is 20.2 Å². The molecule has 40 heavy (non-hydrogen) atoms. The highest BCUT2D eigenvalue weighted by molar-refractivity contribution is 5.85. The van der Waals surface area contributed by atoms with Crippen LogP contribution < -0.4 is 9.47 Å². The van der Waals surface area contributed by atoms with Crippen LogP contribution in [0.1, 0.15) is 68.6 Å². The predicted molar refractivity (Wildman–Crippen MR) is 152 cm³/mol. The molecular weight excluding hydrogens is 510 g/mol. The second-order valence-electron chi connectivity index (χ2n) is 11.5. The number of hydrogen-bond acceptors (Lipinski definition) is 4. The molecule has 4 nitrogen and oxygen atoms in total. The lowest BCUT2D eigenvalue weighted by atomic mass is 9.79. The number of carbonyl (C=O) groups is 1. The molecule has 0 N–H and O–H groups in total. The maximum absolute atomic E-state index is 15.9. The molecule has 0 saturated heterocycles. The fraction of sp³-hybridized carbons (Fsp3) is 0.382. The minimum Gasteiger partial charge on any atom is -0.497 e. The van der Waals surface area contributed by atoms with E-state index in [9.17, 15) is 4.79 Å². The number of halogens is 2. The van der Waals surface area contributed by atoms with E-state index in [2.05, 4.69) is 19.9 Å². The molecule has 0 aliphatic heterocycles. The third kappa shape index (κ3) is 5.91. The normalized spacial score (nSPS) is 16.8. The van der Waals surface area contributed by atoms with Gasteiger partial charge in [0, 0.05) is 11.1 Å². The van der Waals surface area contributed by atoms with Crippen LogP contribution in [0.5, 0.6) is 11.5 Å². The van der Waals surface area contributed by atoms with Crippen LogP contribution in [0.4, 0.5) is 8.78 Å². The number of ether oxygens (including phenoxy) is 3. The zero-order valence-corrected chi connectivity index (χ0v) is 23.6. The van der Waals surface area contributed by atoms with Crippen molar-refractivity contribution >= 4 is 11.5 Å². The molecule has 0 spiro atoms. The van der Waals surface area contributed by atoms with Crippen molar-refractivity contribution in [3.63, 3.8) is 0 Å². The molecule has 0 amide bonds. The van der Waals surface area contributed by atoms with Gasteiger partial charge in [-0.15, -0.1) is 0 Å². The predicted octanol–water partition coefficient (Wildman–Crippen LogP) is 8.48. The number of benzene rings is 3. The minimum atomic E-state index is -0.507. The smallest absolute Gasteiger partial charge is 0.306 e. The van der Waals surface area contributed by atoms with Crippen LogP contribution in [0.3, 0.4) is 0 Å². The van der Waals surface area contributed by atoms with Gasteiger partial charge in [-0.1, -0.05) is 32.1 Å². The van der Waals surface area contributed by atoms with Crippen molar-refractivity contribution in [2.45, 2.75) is 58.5 Å². The van der Waals surface area contributed by atoms with Gasteiger partial charge in [-0.05, 0) is 108 Å². The van der Waals surface area contributed by atoms with Gasteiger partial charge in [0.2, 0.25) is 0 Å². The lowest BCUT2D eigenvalue weighted by molar-refractivity contribution is -0.141. The first-order valence-electron chi connectivity index (χ1n) is 13.9. The van der Waals surface area contributed by atoms with Crippen molar-refractivity contribution in [3.05, 3.63) is 89.0 Å². The van der Waals surface area contributed by atoms with Gasteiger partial charge in [-0.3, -0.25) is 4.79 Å². The molecule has 0 radical (unpaired) electrons. The summed E-state index contributed by atoms with van der Waals surface area (Å²) >= 11 is 0. The third-order valence-electron chi connectivity index (χ3n) is 8.23. The molecule has 1 fully saturated rings. The molecule has 0 aromatic heterocycles. The summed E-state index contributed by atoms with van der Waals surface area (Å²) in [6.07, 6.45) is 6.48. The van der Waals surface area contributed by atoms with Crippen molar-refractivity contribution < 1.29 is 27.8 Å². The summed E-state index contributed by atoms with van der Waals surface area (Å²) < 4.78 is 47.4. The van der Waals surface area contributed by atoms with Crippen molar-refractivity contribution in [1.29, 1.82) is 0 Å². The SMILES string of the molecule is COC(=O)C[C@H](c1cccc(OCc2cc(F)c(-c3cc(OC)ccc3F)c(C3=CCCC3(C)C)c2)c1)C1CC1. The van der Waals surface area contributed by atoms with E-state index in [0.717, 1.165) is 36.8 Å². The van der Waals surface area contributed by atoms with Crippen LogP contribution in [0, 0.1) is 23.0 Å². The zero-order chi connectivity index (χ0) is 28.4. The Morgan fingerprint density at radius 3 is 2.45 bits per heavy atom. The Morgan fingerprint density at radius 2 is 1.77 bits per heavy atom. The van der Waals surface area contributed by atoms with Gasteiger partial charge in [-0.25, -0.2) is 8.78 Å². The summed E-state index contributed by atoms with van der Waals surface area (Å²) in [5.41, 5.74) is 3.60. The lowest BCUT2D eigenvalue weighted by Crippen LogP contribution is -2.12. The second kappa shape index (κ2) is 11.4. The Labute approximate surface area is 235 Å². The molecule has 5 rings (SSSR count). The maximum Gasteiger partial charge on any atom is 0.306 e. The lowest BCUT2D eigenvalue weighted by Gasteiger charge is -2.26. The Balaban J connectivity index is 1.47. The summed E-state index contributed by atoms with van der Waals surface area (Å²) in [7, 11) is 2.92. The summed E-state index contributed by atoms with van der Waals surface area (Å²) in [6.45, 7) is 4.41. The van der Waals surface area contributed by atoms with E-state index >= 15 is 8.78 Å². The van der Waals surface area contributed by atoms with Gasteiger partial charge < -0.3 is 14.2 Å². The first-order valence-corrected chi connectivity index (χ1v) is 13.9. The molecule has 0 unspecified atom stereocenters. The van der Waals surface area contributed by atoms with E-state index in [0.29, 0.717) is 35.0 Å². The summed E-state index contributed by atoms with van der Waals surface area (Å²) in [6, 6.07) is 15.5. The minimum absolute atomic E-state index is 0.0913. The van der Waals surface area contributed by atoms with E-state index < -0.39 is 11.6 Å². The van der Waals surface area contributed by atoms with Crippen molar-refractivity contribution in [3.8, 4) is 22.6 Å². The first kappa shape index (κ1) is 27.9. The summed E-state index contributed by atoms with van der Waals surface area (Å²) in [5, 5.41) is 0. The van der Waals surface area contributed by atoms with Gasteiger partial charge >= 0.3 is 5.97 Å². The number of esters is 1. The van der Waals surface area contributed by atoms with Gasteiger partial charge in [0.05, 0.1) is 20.6 Å². The van der Waals surface area contributed by atoms with Crippen LogP contribution in [0.15, 0.2) is 60.7 Å². The second-order valence-corrected chi connectivity index (χ2v) is 11.5. The first-order chi connectivity index (χ1) is 19.2. The van der Waals surface area contributed by atoms with Gasteiger partial charge in [0.1, 0.15) is 29.7 Å². The maximum atomic E-state index is 15.9. The van der Waals surface area contributed by atoms with Crippen LogP contribution in [-0.2, 0) is 16.1 Å². The number of methoxy groups -OCH3 is 2. The molecule has 0 heterocycles. The van der Waals surface area contributed by atoms with Crippen molar-refractivity contribution in [2.24, 2.45) is 11.3 Å². The number of hydrogen-bond donors (Lipinski definition) is 0. The molecular formula is C34H36F2O4. The molecule has 2 aliphatic rings. The molecule has 210 valence electrons. The largest absolute Gasteiger partial charge is 0.497 e. The van der Waals surface area contributed by atoms with E-state index in [4.69, 9.17) is 14.2 Å². The number of rotatable bonds is 10. The molecule has 1 atom stereocenters. The molecule has 0 bridgehead atoms. The number of carbonyl (C=O) groups excluding carboxylic acids is 1. The average molecular weight is 547 g/mol. The van der Waals surface area contributed by atoms with Crippen LogP contribution >= 0.6 is 0 Å². The fourth-order valence-electron chi connectivity index (χ4n) is 5.84. The van der Waals surface area contributed by atoms with Crippen molar-refractivity contribution in [2.75, 3.05) is 14.2 Å². The quantitative estimate of drug-likeness (QED) is 0.239.